The fourth-order valence-electron chi connectivity index (χ4n) is 1.93. The van der Waals surface area contributed by atoms with E-state index in [1.165, 1.54) is 0 Å². The molecule has 0 fully saturated rings. The minimum atomic E-state index is 0.105. The number of nitrogens with one attached hydrogen (secondary N) is 1. The number of aliphatic hydroxyl groups is 1. The van der Waals surface area contributed by atoms with Crippen LogP contribution in [0.5, 0.6) is 5.75 Å². The second-order valence-corrected chi connectivity index (χ2v) is 5.28. The molecule has 1 aromatic carbocycles. The summed E-state index contributed by atoms with van der Waals surface area (Å²) in [6, 6.07) is 5.66. The van der Waals surface area contributed by atoms with E-state index in [2.05, 4.69) is 19.2 Å². The van der Waals surface area contributed by atoms with Gasteiger partial charge in [0.1, 0.15) is 5.75 Å². The number of rotatable bonds is 7. The van der Waals surface area contributed by atoms with Crippen molar-refractivity contribution >= 4 is 11.6 Å². The van der Waals surface area contributed by atoms with Crippen LogP contribution in [0.15, 0.2) is 18.2 Å². The van der Waals surface area contributed by atoms with E-state index >= 15 is 0 Å². The summed E-state index contributed by atoms with van der Waals surface area (Å²) in [5.41, 5.74) is 1.01. The molecule has 18 heavy (non-hydrogen) atoms. The molecule has 0 saturated carbocycles. The maximum absolute atomic E-state index is 9.31. The van der Waals surface area contributed by atoms with Crippen LogP contribution in [-0.2, 0) is 6.54 Å². The molecule has 2 N–H and O–H groups in total. The Morgan fingerprint density at radius 3 is 2.67 bits per heavy atom. The molecule has 0 aromatic heterocycles. The Bertz CT molecular complexity index is 369. The fourth-order valence-corrected chi connectivity index (χ4v) is 2.13. The van der Waals surface area contributed by atoms with E-state index in [9.17, 15) is 5.11 Å². The van der Waals surface area contributed by atoms with Crippen molar-refractivity contribution in [3.05, 3.63) is 28.8 Å². The molecule has 1 aromatic rings. The molecule has 0 aliphatic heterocycles. The third-order valence-corrected chi connectivity index (χ3v) is 3.04. The average molecular weight is 272 g/mol. The van der Waals surface area contributed by atoms with Gasteiger partial charge in [0.15, 0.2) is 0 Å². The highest BCUT2D eigenvalue weighted by Gasteiger charge is 2.11. The zero-order valence-corrected chi connectivity index (χ0v) is 12.0. The molecule has 1 unspecified atom stereocenters. The van der Waals surface area contributed by atoms with Crippen LogP contribution in [0.25, 0.3) is 0 Å². The van der Waals surface area contributed by atoms with Crippen molar-refractivity contribution in [1.82, 2.24) is 5.32 Å². The van der Waals surface area contributed by atoms with Crippen molar-refractivity contribution < 1.29 is 9.84 Å². The lowest BCUT2D eigenvalue weighted by atomic mass is 10.0. The third kappa shape index (κ3) is 4.84. The zero-order chi connectivity index (χ0) is 13.5. The molecule has 0 aliphatic rings. The summed E-state index contributed by atoms with van der Waals surface area (Å²) >= 11 is 5.97. The standard InChI is InChI=1S/C14H22ClNO2/c1-10(2)6-13(9-17)16-8-11-7-12(15)4-5-14(11)18-3/h4-5,7,10,13,16-17H,6,8-9H2,1-3H3. The largest absolute Gasteiger partial charge is 0.496 e. The van der Waals surface area contributed by atoms with Gasteiger partial charge < -0.3 is 15.2 Å². The molecule has 0 bridgehead atoms. The lowest BCUT2D eigenvalue weighted by Gasteiger charge is -2.19. The van der Waals surface area contributed by atoms with Gasteiger partial charge in [0, 0.05) is 23.2 Å². The first-order valence-electron chi connectivity index (χ1n) is 6.23. The number of aliphatic hydroxyl groups excluding tert-OH is 1. The van der Waals surface area contributed by atoms with E-state index in [-0.39, 0.29) is 12.6 Å². The SMILES string of the molecule is COc1ccc(Cl)cc1CNC(CO)CC(C)C. The summed E-state index contributed by atoms with van der Waals surface area (Å²) in [6.07, 6.45) is 0.944. The van der Waals surface area contributed by atoms with Crippen molar-refractivity contribution in [3.63, 3.8) is 0 Å². The monoisotopic (exact) mass is 271 g/mol. The Kier molecular flexibility index (Phi) is 6.47. The Morgan fingerprint density at radius 2 is 2.11 bits per heavy atom. The maximum atomic E-state index is 9.31. The van der Waals surface area contributed by atoms with E-state index in [0.29, 0.717) is 17.5 Å². The van der Waals surface area contributed by atoms with Crippen LogP contribution in [0, 0.1) is 5.92 Å². The predicted molar refractivity (Wildman–Crippen MR) is 75.2 cm³/mol. The highest BCUT2D eigenvalue weighted by atomic mass is 35.5. The Balaban J connectivity index is 2.63. The molecule has 0 heterocycles. The number of hydrogen-bond acceptors (Lipinski definition) is 3. The first-order chi connectivity index (χ1) is 8.56. The van der Waals surface area contributed by atoms with Crippen LogP contribution in [0.2, 0.25) is 5.02 Å². The van der Waals surface area contributed by atoms with Crippen LogP contribution in [0.3, 0.4) is 0 Å². The minimum absolute atomic E-state index is 0.105. The number of ether oxygens (including phenoxy) is 1. The fraction of sp³-hybridized carbons (Fsp3) is 0.571. The summed E-state index contributed by atoms with van der Waals surface area (Å²) in [4.78, 5) is 0. The molecule has 0 spiro atoms. The Hall–Kier alpha value is -0.770. The molecule has 4 heteroatoms. The van der Waals surface area contributed by atoms with Crippen LogP contribution < -0.4 is 10.1 Å². The van der Waals surface area contributed by atoms with Crippen LogP contribution >= 0.6 is 11.6 Å². The molecule has 1 rings (SSSR count). The van der Waals surface area contributed by atoms with Gasteiger partial charge in [0.2, 0.25) is 0 Å². The Labute approximate surface area is 114 Å². The molecule has 102 valence electrons. The van der Waals surface area contributed by atoms with Gasteiger partial charge in [-0.3, -0.25) is 0 Å². The highest BCUT2D eigenvalue weighted by molar-refractivity contribution is 6.30. The smallest absolute Gasteiger partial charge is 0.123 e. The number of benzene rings is 1. The normalized spacial score (nSPS) is 12.8. The van der Waals surface area contributed by atoms with Crippen LogP contribution in [0.1, 0.15) is 25.8 Å². The van der Waals surface area contributed by atoms with Crippen molar-refractivity contribution in [2.45, 2.75) is 32.9 Å². The van der Waals surface area contributed by atoms with Gasteiger partial charge in [-0.05, 0) is 30.5 Å². The van der Waals surface area contributed by atoms with Crippen LogP contribution in [-0.4, -0.2) is 24.9 Å². The van der Waals surface area contributed by atoms with Crippen LogP contribution in [0.4, 0.5) is 0 Å². The number of halogens is 1. The first-order valence-corrected chi connectivity index (χ1v) is 6.61. The second-order valence-electron chi connectivity index (χ2n) is 4.85. The van der Waals surface area contributed by atoms with Crippen molar-refractivity contribution in [2.24, 2.45) is 5.92 Å². The van der Waals surface area contributed by atoms with Gasteiger partial charge in [-0.2, -0.15) is 0 Å². The van der Waals surface area contributed by atoms with Crippen molar-refractivity contribution in [3.8, 4) is 5.75 Å². The topological polar surface area (TPSA) is 41.5 Å². The Morgan fingerprint density at radius 1 is 1.39 bits per heavy atom. The van der Waals surface area contributed by atoms with E-state index in [0.717, 1.165) is 17.7 Å². The van der Waals surface area contributed by atoms with E-state index in [1.54, 1.807) is 7.11 Å². The van der Waals surface area contributed by atoms with Gasteiger partial charge >= 0.3 is 0 Å². The summed E-state index contributed by atoms with van der Waals surface area (Å²) in [6.45, 7) is 5.07. The minimum Gasteiger partial charge on any atom is -0.496 e. The lowest BCUT2D eigenvalue weighted by molar-refractivity contribution is 0.223. The lowest BCUT2D eigenvalue weighted by Crippen LogP contribution is -2.33. The van der Waals surface area contributed by atoms with E-state index in [1.807, 2.05) is 18.2 Å². The molecule has 0 amide bonds. The molecule has 3 nitrogen and oxygen atoms in total. The molecule has 1 atom stereocenters. The summed E-state index contributed by atoms with van der Waals surface area (Å²) in [5, 5.41) is 13.3. The van der Waals surface area contributed by atoms with Gasteiger partial charge in [-0.25, -0.2) is 0 Å². The second kappa shape index (κ2) is 7.62. The van der Waals surface area contributed by atoms with Gasteiger partial charge in [0.05, 0.1) is 13.7 Å². The summed E-state index contributed by atoms with van der Waals surface area (Å²) < 4.78 is 5.29. The number of methoxy groups -OCH3 is 1. The van der Waals surface area contributed by atoms with Gasteiger partial charge in [-0.15, -0.1) is 0 Å². The molecule has 0 saturated heterocycles. The molecule has 0 radical (unpaired) electrons. The van der Waals surface area contributed by atoms with Crippen molar-refractivity contribution in [2.75, 3.05) is 13.7 Å². The molecular formula is C14H22ClNO2. The van der Waals surface area contributed by atoms with Crippen molar-refractivity contribution in [1.29, 1.82) is 0 Å². The maximum Gasteiger partial charge on any atom is 0.123 e. The zero-order valence-electron chi connectivity index (χ0n) is 11.2. The van der Waals surface area contributed by atoms with Gasteiger partial charge in [0.25, 0.3) is 0 Å². The predicted octanol–water partition coefficient (Wildman–Crippen LogP) is 2.85. The summed E-state index contributed by atoms with van der Waals surface area (Å²) in [7, 11) is 1.64. The quantitative estimate of drug-likeness (QED) is 0.801. The summed E-state index contributed by atoms with van der Waals surface area (Å²) in [5.74, 6) is 1.36. The third-order valence-electron chi connectivity index (χ3n) is 2.80. The highest BCUT2D eigenvalue weighted by Crippen LogP contribution is 2.22. The average Bonchev–Trinajstić information content (AvgIpc) is 2.34. The van der Waals surface area contributed by atoms with E-state index in [4.69, 9.17) is 16.3 Å². The van der Waals surface area contributed by atoms with E-state index < -0.39 is 0 Å². The molecular weight excluding hydrogens is 250 g/mol. The molecule has 0 aliphatic carbocycles. The first kappa shape index (κ1) is 15.3. The van der Waals surface area contributed by atoms with Gasteiger partial charge in [-0.1, -0.05) is 25.4 Å². The number of hydrogen-bond donors (Lipinski definition) is 2.